The predicted molar refractivity (Wildman–Crippen MR) is 171 cm³/mol. The number of sulfonamides is 1. The summed E-state index contributed by atoms with van der Waals surface area (Å²) < 4.78 is 116. The second-order valence-corrected chi connectivity index (χ2v) is 13.4. The van der Waals surface area contributed by atoms with E-state index in [1.54, 1.807) is 0 Å². The highest BCUT2D eigenvalue weighted by atomic mass is 32.2. The van der Waals surface area contributed by atoms with Gasteiger partial charge in [0.15, 0.2) is 0 Å². The van der Waals surface area contributed by atoms with E-state index in [1.807, 2.05) is 54.6 Å². The Morgan fingerprint density at radius 2 is 1.46 bits per heavy atom. The number of aromatic nitrogens is 2. The van der Waals surface area contributed by atoms with E-state index in [-0.39, 0.29) is 23.5 Å². The van der Waals surface area contributed by atoms with Crippen LogP contribution in [0.5, 0.6) is 0 Å². The lowest BCUT2D eigenvalue weighted by molar-refractivity contribution is -0.138. The van der Waals surface area contributed by atoms with Crippen LogP contribution in [0.2, 0.25) is 0 Å². The van der Waals surface area contributed by atoms with Gasteiger partial charge in [-0.25, -0.2) is 18.1 Å². The monoisotopic (exact) mass is 720 g/mol. The van der Waals surface area contributed by atoms with Gasteiger partial charge in [0.25, 0.3) is 0 Å². The third kappa shape index (κ3) is 7.34. The van der Waals surface area contributed by atoms with Crippen molar-refractivity contribution in [2.45, 2.75) is 48.1 Å². The fraction of sp³-hybridized carbons (Fsp3) is 0.265. The van der Waals surface area contributed by atoms with Crippen LogP contribution in [0.4, 0.5) is 32.3 Å². The molecule has 9 nitrogen and oxygen atoms in total. The molecule has 264 valence electrons. The number of aliphatic hydroxyl groups is 2. The Labute approximate surface area is 282 Å². The molecule has 1 fully saturated rings. The Balaban J connectivity index is 1.34. The first kappa shape index (κ1) is 35.3. The lowest BCUT2D eigenvalue weighted by Crippen LogP contribution is -2.57. The quantitative estimate of drug-likeness (QED) is 0.138. The smallest absolute Gasteiger partial charge is 0.394 e. The van der Waals surface area contributed by atoms with Crippen LogP contribution in [0.1, 0.15) is 22.7 Å². The van der Waals surface area contributed by atoms with E-state index in [1.165, 1.54) is 4.57 Å². The van der Waals surface area contributed by atoms with Crippen molar-refractivity contribution in [3.8, 4) is 11.1 Å². The van der Waals surface area contributed by atoms with Gasteiger partial charge in [0.05, 0.1) is 58.5 Å². The molecule has 1 aliphatic heterocycles. The summed E-state index contributed by atoms with van der Waals surface area (Å²) in [6, 6.07) is 19.9. The molecule has 1 aromatic heterocycles. The van der Waals surface area contributed by atoms with Crippen molar-refractivity contribution in [3.63, 3.8) is 0 Å². The molecule has 4 atom stereocenters. The minimum atomic E-state index is -4.74. The van der Waals surface area contributed by atoms with E-state index in [9.17, 15) is 45.0 Å². The fourth-order valence-corrected chi connectivity index (χ4v) is 7.12. The second kappa shape index (κ2) is 13.7. The van der Waals surface area contributed by atoms with Crippen LogP contribution in [0.15, 0.2) is 102 Å². The number of fused-ring (bicyclic) bond motifs is 1. The van der Waals surface area contributed by atoms with Crippen molar-refractivity contribution in [2.75, 3.05) is 18.5 Å². The Kier molecular flexibility index (Phi) is 9.67. The summed E-state index contributed by atoms with van der Waals surface area (Å²) in [5.74, 6) is 0.00352. The van der Waals surface area contributed by atoms with Crippen molar-refractivity contribution in [3.05, 3.63) is 114 Å². The molecular formula is C34H30F6N4O5S. The number of halogens is 6. The maximum absolute atomic E-state index is 13.8. The molecular weight excluding hydrogens is 690 g/mol. The molecule has 5 aromatic rings. The molecule has 6 rings (SSSR count). The van der Waals surface area contributed by atoms with E-state index in [0.29, 0.717) is 12.1 Å². The van der Waals surface area contributed by atoms with Crippen molar-refractivity contribution in [1.82, 2.24) is 14.3 Å². The van der Waals surface area contributed by atoms with Gasteiger partial charge < -0.3 is 24.8 Å². The van der Waals surface area contributed by atoms with E-state index >= 15 is 0 Å². The van der Waals surface area contributed by atoms with Crippen molar-refractivity contribution >= 4 is 27.0 Å². The van der Waals surface area contributed by atoms with E-state index in [4.69, 9.17) is 4.74 Å². The topological polar surface area (TPSA) is 126 Å². The third-order valence-electron chi connectivity index (χ3n) is 8.44. The van der Waals surface area contributed by atoms with Crippen molar-refractivity contribution in [1.29, 1.82) is 0 Å². The Morgan fingerprint density at radius 3 is 2.08 bits per heavy atom. The largest absolute Gasteiger partial charge is 0.416 e. The number of anilines is 1. The molecule has 0 amide bonds. The number of ether oxygens (including phenoxy) is 1. The standard InChI is InChI=1S/C34H30F6N4O5S/c35-33(36,37)23-10-13-25(14-11-23)50(47,48)43-27-19-49-29(18-45)30(31(27)46)44-28-16-24(34(38,39)40)12-15-26(28)42-32(44)41-17-20-6-8-22(9-7-20)21-4-2-1-3-5-21/h1-16,27,29-31,43,45-46H,17-19H2,(H,41,42)/t27-,29+,30-,31+/m0/s1. The highest BCUT2D eigenvalue weighted by molar-refractivity contribution is 7.89. The van der Waals surface area contributed by atoms with E-state index < -0.39 is 75.9 Å². The number of aliphatic hydroxyl groups excluding tert-OH is 2. The zero-order valence-corrected chi connectivity index (χ0v) is 26.7. The SMILES string of the molecule is O=S(=O)(N[C@H]1CO[C@H](CO)[C@H](n2c(NCc3ccc(-c4ccccc4)cc3)nc3ccc(C(F)(F)F)cc32)[C@@H]1O)c1ccc(C(F)(F)F)cc1. The van der Waals surface area contributed by atoms with Gasteiger partial charge in [-0.2, -0.15) is 26.3 Å². The van der Waals surface area contributed by atoms with E-state index in [0.717, 1.165) is 47.0 Å². The number of rotatable bonds is 9. The normalized spacial score (nSPS) is 20.2. The Hall–Kier alpha value is -4.48. The summed E-state index contributed by atoms with van der Waals surface area (Å²) >= 11 is 0. The minimum absolute atomic E-state index is 0.00352. The molecule has 0 spiro atoms. The van der Waals surface area contributed by atoms with Gasteiger partial charge in [0.2, 0.25) is 16.0 Å². The molecule has 4 aromatic carbocycles. The molecule has 50 heavy (non-hydrogen) atoms. The van der Waals surface area contributed by atoms with Crippen LogP contribution in [0, 0.1) is 0 Å². The van der Waals surface area contributed by atoms with Gasteiger partial charge in [-0.1, -0.05) is 54.6 Å². The van der Waals surface area contributed by atoms with E-state index in [2.05, 4.69) is 15.0 Å². The molecule has 2 heterocycles. The summed E-state index contributed by atoms with van der Waals surface area (Å²) in [4.78, 5) is 3.95. The average Bonchev–Trinajstić information content (AvgIpc) is 3.45. The van der Waals surface area contributed by atoms with Crippen LogP contribution >= 0.6 is 0 Å². The van der Waals surface area contributed by atoms with Gasteiger partial charge in [-0.15, -0.1) is 0 Å². The Bertz CT molecular complexity index is 2060. The third-order valence-corrected chi connectivity index (χ3v) is 9.94. The number of benzene rings is 4. The fourth-order valence-electron chi connectivity index (χ4n) is 5.88. The van der Waals surface area contributed by atoms with Crippen molar-refractivity contribution in [2.24, 2.45) is 0 Å². The first-order valence-corrected chi connectivity index (χ1v) is 16.7. The molecule has 0 unspecified atom stereocenters. The predicted octanol–water partition coefficient (Wildman–Crippen LogP) is 5.99. The molecule has 0 saturated carbocycles. The van der Waals surface area contributed by atoms with Gasteiger partial charge in [-0.3, -0.25) is 0 Å². The second-order valence-electron chi connectivity index (χ2n) is 11.7. The summed E-state index contributed by atoms with van der Waals surface area (Å²) in [5.41, 5.74) is 0.677. The lowest BCUT2D eigenvalue weighted by atomic mass is 9.95. The number of imidazole rings is 1. The molecule has 0 radical (unpaired) electrons. The van der Waals surface area contributed by atoms with Gasteiger partial charge in [-0.05, 0) is 59.2 Å². The first-order chi connectivity index (χ1) is 23.7. The number of hydrogen-bond donors (Lipinski definition) is 4. The number of nitrogens with one attached hydrogen (secondary N) is 2. The average molecular weight is 721 g/mol. The molecule has 4 N–H and O–H groups in total. The van der Waals surface area contributed by atoms with Crippen LogP contribution in [0.25, 0.3) is 22.2 Å². The molecule has 0 aliphatic carbocycles. The van der Waals surface area contributed by atoms with Crippen LogP contribution < -0.4 is 10.0 Å². The molecule has 1 aliphatic rings. The van der Waals surface area contributed by atoms with Crippen molar-refractivity contribution < 1.29 is 49.7 Å². The molecule has 16 heteroatoms. The molecule has 0 bridgehead atoms. The summed E-state index contributed by atoms with van der Waals surface area (Å²) in [5, 5.41) is 25.0. The maximum Gasteiger partial charge on any atom is 0.416 e. The summed E-state index contributed by atoms with van der Waals surface area (Å²) in [6.07, 6.45) is -12.4. The summed E-state index contributed by atoms with van der Waals surface area (Å²) in [7, 11) is -4.53. The van der Waals surface area contributed by atoms with Crippen LogP contribution in [-0.4, -0.2) is 59.6 Å². The number of alkyl halides is 6. The zero-order valence-electron chi connectivity index (χ0n) is 25.9. The van der Waals surface area contributed by atoms with Crippen LogP contribution in [-0.2, 0) is 33.7 Å². The highest BCUT2D eigenvalue weighted by Crippen LogP contribution is 2.38. The lowest BCUT2D eigenvalue weighted by Gasteiger charge is -2.41. The summed E-state index contributed by atoms with van der Waals surface area (Å²) in [6.45, 7) is -1.04. The van der Waals surface area contributed by atoms with Gasteiger partial charge in [0, 0.05) is 6.54 Å². The van der Waals surface area contributed by atoms with Crippen LogP contribution in [0.3, 0.4) is 0 Å². The molecule has 1 saturated heterocycles. The highest BCUT2D eigenvalue weighted by Gasteiger charge is 2.44. The first-order valence-electron chi connectivity index (χ1n) is 15.2. The Morgan fingerprint density at radius 1 is 0.840 bits per heavy atom. The maximum atomic E-state index is 13.8. The number of hydrogen-bond acceptors (Lipinski definition) is 7. The van der Waals surface area contributed by atoms with Gasteiger partial charge in [0.1, 0.15) is 6.10 Å². The number of nitrogens with zero attached hydrogens (tertiary/aromatic N) is 2. The van der Waals surface area contributed by atoms with Gasteiger partial charge >= 0.3 is 12.4 Å². The zero-order chi connectivity index (χ0) is 35.8. The minimum Gasteiger partial charge on any atom is -0.394 e.